The molecule has 0 spiro atoms. The van der Waals surface area contributed by atoms with Crippen LogP contribution in [0.3, 0.4) is 0 Å². The number of halogens is 4. The van der Waals surface area contributed by atoms with E-state index in [1.54, 1.807) is 6.07 Å². The lowest BCUT2D eigenvalue weighted by Crippen LogP contribution is -2.19. The van der Waals surface area contributed by atoms with Crippen molar-refractivity contribution in [3.8, 4) is 0 Å². The molecule has 2 aromatic heterocycles. The number of alkyl halides is 3. The van der Waals surface area contributed by atoms with Crippen molar-refractivity contribution in [3.63, 3.8) is 0 Å². The summed E-state index contributed by atoms with van der Waals surface area (Å²) >= 11 is 5.75. The van der Waals surface area contributed by atoms with Gasteiger partial charge in [-0.15, -0.1) is 0 Å². The van der Waals surface area contributed by atoms with Crippen molar-refractivity contribution >= 4 is 38.8 Å². The Bertz CT molecular complexity index is 1270. The van der Waals surface area contributed by atoms with E-state index in [0.29, 0.717) is 23.3 Å². The first-order valence-corrected chi connectivity index (χ1v) is 11.9. The largest absolute Gasteiger partial charge is 0.416 e. The number of nitrogens with two attached hydrogens (primary N) is 1. The second-order valence-corrected chi connectivity index (χ2v) is 9.60. The van der Waals surface area contributed by atoms with Crippen LogP contribution < -0.4 is 10.5 Å². The van der Waals surface area contributed by atoms with Crippen molar-refractivity contribution in [2.75, 3.05) is 11.9 Å². The van der Waals surface area contributed by atoms with Gasteiger partial charge in [-0.25, -0.2) is 15.1 Å². The Labute approximate surface area is 193 Å². The number of nitrogens with zero attached hydrogens (tertiary/aromatic N) is 3. The lowest BCUT2D eigenvalue weighted by molar-refractivity contribution is -0.138. The van der Waals surface area contributed by atoms with E-state index in [4.69, 9.17) is 20.9 Å². The summed E-state index contributed by atoms with van der Waals surface area (Å²) in [4.78, 5) is 8.55. The third-order valence-corrected chi connectivity index (χ3v) is 6.41. The molecule has 1 fully saturated rings. The lowest BCUT2D eigenvalue weighted by atomic mass is 10.1. The Morgan fingerprint density at radius 1 is 1.24 bits per heavy atom. The van der Waals surface area contributed by atoms with E-state index in [0.717, 1.165) is 18.9 Å². The number of hydrogen-bond donors (Lipinski definition) is 2. The molecule has 2 heterocycles. The molecule has 0 amide bonds. The van der Waals surface area contributed by atoms with E-state index in [2.05, 4.69) is 15.3 Å². The van der Waals surface area contributed by atoms with Gasteiger partial charge in [0.05, 0.1) is 17.6 Å². The van der Waals surface area contributed by atoms with Crippen LogP contribution in [0.25, 0.3) is 11.0 Å². The normalized spacial score (nSPS) is 19.3. The van der Waals surface area contributed by atoms with Crippen LogP contribution in [-0.4, -0.2) is 29.6 Å². The highest BCUT2D eigenvalue weighted by Crippen LogP contribution is 2.38. The zero-order valence-corrected chi connectivity index (χ0v) is 18.8. The minimum Gasteiger partial charge on any atom is -0.365 e. The molecule has 3 N–H and O–H groups in total. The first-order chi connectivity index (χ1) is 15.5. The van der Waals surface area contributed by atoms with Gasteiger partial charge in [0.25, 0.3) is 0 Å². The molecule has 0 aliphatic heterocycles. The average molecular weight is 504 g/mol. The minimum absolute atomic E-state index is 0.0110. The number of aromatic nitrogens is 3. The molecule has 0 radical (unpaired) electrons. The fraction of sp³-hybridized carbons (Fsp3) is 0.400. The Balaban J connectivity index is 1.51. The average Bonchev–Trinajstić information content (AvgIpc) is 3.37. The van der Waals surface area contributed by atoms with E-state index >= 15 is 0 Å². The van der Waals surface area contributed by atoms with Crippen LogP contribution in [0.5, 0.6) is 0 Å². The van der Waals surface area contributed by atoms with E-state index in [-0.39, 0.29) is 35.7 Å². The quantitative estimate of drug-likeness (QED) is 0.498. The number of nitrogens with one attached hydrogen (secondary N) is 1. The lowest BCUT2D eigenvalue weighted by Gasteiger charge is -2.15. The predicted molar refractivity (Wildman–Crippen MR) is 117 cm³/mol. The maximum atomic E-state index is 13.4. The monoisotopic (exact) mass is 503 g/mol. The molecule has 0 unspecified atom stereocenters. The van der Waals surface area contributed by atoms with Gasteiger partial charge in [-0.05, 0) is 48.9 Å². The Kier molecular flexibility index (Phi) is 6.54. The van der Waals surface area contributed by atoms with Crippen LogP contribution in [-0.2, 0) is 27.2 Å². The third-order valence-electron chi connectivity index (χ3n) is 5.71. The van der Waals surface area contributed by atoms with E-state index in [1.165, 1.54) is 18.5 Å². The van der Waals surface area contributed by atoms with Gasteiger partial charge in [-0.1, -0.05) is 17.7 Å². The van der Waals surface area contributed by atoms with Crippen LogP contribution in [0.1, 0.15) is 36.4 Å². The molecular weight excluding hydrogens is 483 g/mol. The molecule has 4 rings (SSSR count). The van der Waals surface area contributed by atoms with Crippen molar-refractivity contribution < 1.29 is 25.8 Å². The number of benzene rings is 1. The zero-order valence-electron chi connectivity index (χ0n) is 17.2. The number of anilines is 1. The Hall–Kier alpha value is -2.41. The standard InChI is InChI=1S/C20H21ClF3N5O3S/c21-14-3-2-13(17(8-14)20(22,23)24)9-26-18-16-5-6-29(19(16)28-11-27-18)15-4-1-12(7-15)10-32-33(25,30)31/h2-3,5-6,8,11-12,15H,1,4,7,9-10H2,(H2,25,30,31)(H,26,27,28)/t12-,15-/m0/s1. The molecule has 1 aromatic carbocycles. The molecular formula is C20H21ClF3N5O3S. The smallest absolute Gasteiger partial charge is 0.365 e. The summed E-state index contributed by atoms with van der Waals surface area (Å²) in [5, 5.41) is 8.56. The van der Waals surface area contributed by atoms with E-state index in [9.17, 15) is 21.6 Å². The van der Waals surface area contributed by atoms with Gasteiger partial charge in [0, 0.05) is 23.8 Å². The van der Waals surface area contributed by atoms with E-state index < -0.39 is 22.0 Å². The number of rotatable bonds is 7. The van der Waals surface area contributed by atoms with Gasteiger partial charge in [0.2, 0.25) is 0 Å². The Morgan fingerprint density at radius 2 is 2.03 bits per heavy atom. The summed E-state index contributed by atoms with van der Waals surface area (Å²) in [6.07, 6.45) is 0.928. The summed E-state index contributed by atoms with van der Waals surface area (Å²) in [5.74, 6) is 0.449. The van der Waals surface area contributed by atoms with Gasteiger partial charge in [-0.3, -0.25) is 4.18 Å². The molecule has 1 aliphatic rings. The molecule has 178 valence electrons. The van der Waals surface area contributed by atoms with Crippen LogP contribution in [0.4, 0.5) is 19.0 Å². The zero-order chi connectivity index (χ0) is 23.8. The highest BCUT2D eigenvalue weighted by Gasteiger charge is 2.33. The molecule has 0 saturated heterocycles. The maximum Gasteiger partial charge on any atom is 0.416 e. The molecule has 1 saturated carbocycles. The predicted octanol–water partition coefficient (Wildman–Crippen LogP) is 4.28. The molecule has 3 aromatic rings. The first-order valence-electron chi connectivity index (χ1n) is 10.1. The summed E-state index contributed by atoms with van der Waals surface area (Å²) in [6, 6.07) is 5.53. The van der Waals surface area contributed by atoms with Crippen LogP contribution in [0.2, 0.25) is 5.02 Å². The van der Waals surface area contributed by atoms with Crippen molar-refractivity contribution in [3.05, 3.63) is 52.9 Å². The minimum atomic E-state index is -4.53. The van der Waals surface area contributed by atoms with E-state index in [1.807, 2.05) is 10.8 Å². The molecule has 0 bridgehead atoms. The first kappa shape index (κ1) is 23.7. The van der Waals surface area contributed by atoms with Gasteiger partial charge < -0.3 is 9.88 Å². The number of fused-ring (bicyclic) bond motifs is 1. The topological polar surface area (TPSA) is 112 Å². The van der Waals surface area contributed by atoms with Crippen molar-refractivity contribution in [2.45, 2.75) is 38.0 Å². The molecule has 1 aliphatic carbocycles. The van der Waals surface area contributed by atoms with Gasteiger partial charge in [0.15, 0.2) is 0 Å². The molecule has 33 heavy (non-hydrogen) atoms. The molecule has 8 nitrogen and oxygen atoms in total. The highest BCUT2D eigenvalue weighted by molar-refractivity contribution is 7.84. The third kappa shape index (κ3) is 5.57. The Morgan fingerprint density at radius 3 is 2.76 bits per heavy atom. The fourth-order valence-corrected chi connectivity index (χ4v) is 4.75. The number of hydrogen-bond acceptors (Lipinski definition) is 6. The summed E-state index contributed by atoms with van der Waals surface area (Å²) < 4.78 is 68.9. The highest BCUT2D eigenvalue weighted by atomic mass is 35.5. The second-order valence-electron chi connectivity index (χ2n) is 7.95. The fourth-order valence-electron chi connectivity index (χ4n) is 4.20. The van der Waals surface area contributed by atoms with Gasteiger partial charge >= 0.3 is 16.5 Å². The van der Waals surface area contributed by atoms with Crippen LogP contribution in [0.15, 0.2) is 36.8 Å². The summed E-state index contributed by atoms with van der Waals surface area (Å²) in [7, 11) is -3.98. The van der Waals surface area contributed by atoms with Crippen molar-refractivity contribution in [1.29, 1.82) is 0 Å². The SMILES string of the molecule is NS(=O)(=O)OC[C@H]1CC[C@H](n2ccc3c(NCc4ccc(Cl)cc4C(F)(F)F)ncnc32)C1. The van der Waals surface area contributed by atoms with Crippen LogP contribution in [0, 0.1) is 5.92 Å². The summed E-state index contributed by atoms with van der Waals surface area (Å²) in [5.41, 5.74) is -0.117. The van der Waals surface area contributed by atoms with Gasteiger partial charge in [-0.2, -0.15) is 21.6 Å². The van der Waals surface area contributed by atoms with Gasteiger partial charge in [0.1, 0.15) is 17.8 Å². The second kappa shape index (κ2) is 9.09. The van der Waals surface area contributed by atoms with Crippen LogP contribution >= 0.6 is 11.6 Å². The molecule has 2 atom stereocenters. The summed E-state index contributed by atoms with van der Waals surface area (Å²) in [6.45, 7) is -0.0708. The maximum absolute atomic E-state index is 13.4. The molecule has 13 heteroatoms. The van der Waals surface area contributed by atoms with Crippen molar-refractivity contribution in [2.24, 2.45) is 11.1 Å². The van der Waals surface area contributed by atoms with Crippen molar-refractivity contribution in [1.82, 2.24) is 14.5 Å².